The highest BCUT2D eigenvalue weighted by atomic mass is 31.2. The summed E-state index contributed by atoms with van der Waals surface area (Å²) in [6, 6.07) is 0. The van der Waals surface area contributed by atoms with Crippen molar-refractivity contribution in [1.82, 2.24) is 0 Å². The highest BCUT2D eigenvalue weighted by Gasteiger charge is 2.34. The van der Waals surface area contributed by atoms with Crippen molar-refractivity contribution < 1.29 is 76.1 Å². The van der Waals surface area contributed by atoms with Gasteiger partial charge in [-0.3, -0.25) is 9.13 Å². The van der Waals surface area contributed by atoms with E-state index in [-0.39, 0.29) is 26.2 Å². The van der Waals surface area contributed by atoms with E-state index >= 15 is 0 Å². The number of ether oxygens (including phenoxy) is 10. The van der Waals surface area contributed by atoms with E-state index < -0.39 is 27.0 Å². The topological polar surface area (TPSA) is 207 Å². The third kappa shape index (κ3) is 32.6. The molecule has 0 aliphatic carbocycles. The average Bonchev–Trinajstić information content (AvgIpc) is 2.90. The summed E-state index contributed by atoms with van der Waals surface area (Å²) in [5, 5.41) is 0. The van der Waals surface area contributed by atoms with E-state index in [4.69, 9.17) is 57.2 Å². The average molecular weight is 645 g/mol. The van der Waals surface area contributed by atoms with Crippen LogP contribution in [-0.2, 0) is 56.5 Å². The first-order valence-electron chi connectivity index (χ1n) is 13.4. The summed E-state index contributed by atoms with van der Waals surface area (Å²) in [5.74, 6) is 0. The molecule has 0 fully saturated rings. The lowest BCUT2D eigenvalue weighted by atomic mass is 10.3. The van der Waals surface area contributed by atoms with Crippen LogP contribution in [0.15, 0.2) is 0 Å². The SMILES string of the molecule is COCCOCCOCCOCCOCCOCCOCCOCCOCCOCCC(CP(=O)(O)O)P(=O)(O)O. The maximum Gasteiger partial charge on any atom is 0.329 e. The summed E-state index contributed by atoms with van der Waals surface area (Å²) in [5.41, 5.74) is -1.45. The number of hydrogen-bond donors (Lipinski definition) is 4. The molecular weight excluding hydrogens is 594 g/mol. The normalized spacial score (nSPS) is 13.2. The number of rotatable bonds is 33. The Hall–Kier alpha value is -0.100. The van der Waals surface area contributed by atoms with Crippen LogP contribution >= 0.6 is 15.2 Å². The van der Waals surface area contributed by atoms with Crippen LogP contribution in [0.5, 0.6) is 0 Å². The fourth-order valence-corrected chi connectivity index (χ4v) is 5.53. The van der Waals surface area contributed by atoms with E-state index in [0.29, 0.717) is 106 Å². The first kappa shape index (κ1) is 40.9. The lowest BCUT2D eigenvalue weighted by Crippen LogP contribution is -2.18. The molecule has 1 unspecified atom stereocenters. The second kappa shape index (κ2) is 28.7. The highest BCUT2D eigenvalue weighted by Crippen LogP contribution is 2.50. The standard InChI is InChI=1S/C23H50O16P2/c1-30-4-5-32-8-9-34-12-13-36-16-17-38-20-21-39-19-18-37-15-14-35-11-10-33-7-6-31-3-2-23(41(27,28)29)22-40(24,25)26/h23H,2-22H2,1H3,(H2,24,25,26)(H2,27,28,29). The summed E-state index contributed by atoms with van der Waals surface area (Å²) >= 11 is 0. The first-order valence-corrected chi connectivity index (χ1v) is 16.9. The van der Waals surface area contributed by atoms with Crippen LogP contribution < -0.4 is 0 Å². The zero-order chi connectivity index (χ0) is 30.5. The summed E-state index contributed by atoms with van der Waals surface area (Å²) in [6.45, 7) is 7.88. The zero-order valence-electron chi connectivity index (χ0n) is 24.0. The fourth-order valence-electron chi connectivity index (χ4n) is 2.86. The molecule has 0 radical (unpaired) electrons. The molecule has 18 heteroatoms. The van der Waals surface area contributed by atoms with E-state index in [0.717, 1.165) is 0 Å². The van der Waals surface area contributed by atoms with Crippen molar-refractivity contribution in [1.29, 1.82) is 0 Å². The van der Waals surface area contributed by atoms with Gasteiger partial charge in [-0.05, 0) is 6.42 Å². The van der Waals surface area contributed by atoms with Crippen molar-refractivity contribution in [2.75, 3.05) is 139 Å². The minimum absolute atomic E-state index is 0.0527. The summed E-state index contributed by atoms with van der Waals surface area (Å²) in [6.07, 6.45) is -1.06. The quantitative estimate of drug-likeness (QED) is 0.0543. The van der Waals surface area contributed by atoms with Crippen molar-refractivity contribution >= 4 is 15.2 Å². The third-order valence-electron chi connectivity index (χ3n) is 4.93. The van der Waals surface area contributed by atoms with Crippen molar-refractivity contribution in [3.8, 4) is 0 Å². The second-order valence-electron chi connectivity index (χ2n) is 8.38. The molecule has 16 nitrogen and oxygen atoms in total. The molecule has 0 amide bonds. The van der Waals surface area contributed by atoms with Gasteiger partial charge in [0.2, 0.25) is 0 Å². The van der Waals surface area contributed by atoms with E-state index in [9.17, 15) is 18.9 Å². The maximum absolute atomic E-state index is 11.3. The van der Waals surface area contributed by atoms with Gasteiger partial charge in [0.05, 0.1) is 131 Å². The molecule has 4 N–H and O–H groups in total. The molecule has 0 spiro atoms. The van der Waals surface area contributed by atoms with E-state index in [1.54, 1.807) is 7.11 Å². The van der Waals surface area contributed by atoms with Crippen LogP contribution in [-0.4, -0.2) is 164 Å². The molecule has 1 atom stereocenters. The Morgan fingerprint density at radius 1 is 0.439 bits per heavy atom. The van der Waals surface area contributed by atoms with Gasteiger partial charge < -0.3 is 66.9 Å². The fraction of sp³-hybridized carbons (Fsp3) is 1.00. The predicted octanol–water partition coefficient (Wildman–Crippen LogP) is -0.104. The highest BCUT2D eigenvalue weighted by molar-refractivity contribution is 7.56. The van der Waals surface area contributed by atoms with Crippen molar-refractivity contribution in [2.24, 2.45) is 0 Å². The largest absolute Gasteiger partial charge is 0.382 e. The van der Waals surface area contributed by atoms with Gasteiger partial charge in [0.15, 0.2) is 0 Å². The Labute approximate surface area is 242 Å². The lowest BCUT2D eigenvalue weighted by molar-refractivity contribution is -0.0259. The molecule has 248 valence electrons. The van der Waals surface area contributed by atoms with Gasteiger partial charge in [0, 0.05) is 13.7 Å². The smallest absolute Gasteiger partial charge is 0.329 e. The van der Waals surface area contributed by atoms with Gasteiger partial charge >= 0.3 is 15.2 Å². The summed E-state index contributed by atoms with van der Waals surface area (Å²) in [7, 11) is -7.54. The predicted molar refractivity (Wildman–Crippen MR) is 147 cm³/mol. The Bertz CT molecular complexity index is 647. The van der Waals surface area contributed by atoms with Crippen molar-refractivity contribution in [3.63, 3.8) is 0 Å². The van der Waals surface area contributed by atoms with Gasteiger partial charge in [-0.25, -0.2) is 0 Å². The first-order chi connectivity index (χ1) is 19.7. The van der Waals surface area contributed by atoms with Crippen molar-refractivity contribution in [2.45, 2.75) is 12.1 Å². The molecule has 0 aromatic carbocycles. The van der Waals surface area contributed by atoms with E-state index in [1.165, 1.54) is 0 Å². The minimum Gasteiger partial charge on any atom is -0.382 e. The molecule has 0 saturated carbocycles. The van der Waals surface area contributed by atoms with Crippen LogP contribution in [0.2, 0.25) is 0 Å². The number of hydrogen-bond acceptors (Lipinski definition) is 12. The van der Waals surface area contributed by atoms with Crippen LogP contribution in [0.1, 0.15) is 6.42 Å². The third-order valence-corrected chi connectivity index (χ3v) is 7.52. The molecule has 0 rings (SSSR count). The van der Waals surface area contributed by atoms with Gasteiger partial charge in [-0.1, -0.05) is 0 Å². The van der Waals surface area contributed by atoms with Crippen LogP contribution in [0.4, 0.5) is 0 Å². The maximum atomic E-state index is 11.3. The molecule has 0 saturated heterocycles. The Balaban J connectivity index is 3.25. The van der Waals surface area contributed by atoms with Gasteiger partial charge in [-0.15, -0.1) is 0 Å². The zero-order valence-corrected chi connectivity index (χ0v) is 25.8. The number of methoxy groups -OCH3 is 1. The lowest BCUT2D eigenvalue weighted by Gasteiger charge is -2.18. The molecule has 41 heavy (non-hydrogen) atoms. The summed E-state index contributed by atoms with van der Waals surface area (Å²) < 4.78 is 75.4. The second-order valence-corrected chi connectivity index (χ2v) is 12.0. The molecule has 0 aliphatic rings. The molecule has 0 bridgehead atoms. The molecule has 0 aromatic heterocycles. The molecule has 0 aromatic rings. The Morgan fingerprint density at radius 2 is 0.683 bits per heavy atom. The van der Waals surface area contributed by atoms with Crippen LogP contribution in [0, 0.1) is 0 Å². The monoisotopic (exact) mass is 644 g/mol. The van der Waals surface area contributed by atoms with Crippen molar-refractivity contribution in [3.05, 3.63) is 0 Å². The Morgan fingerprint density at radius 3 is 0.902 bits per heavy atom. The molecule has 0 heterocycles. The van der Waals surface area contributed by atoms with Crippen LogP contribution in [0.25, 0.3) is 0 Å². The van der Waals surface area contributed by atoms with Crippen LogP contribution in [0.3, 0.4) is 0 Å². The summed E-state index contributed by atoms with van der Waals surface area (Å²) in [4.78, 5) is 36.2. The molecule has 0 aliphatic heterocycles. The minimum atomic E-state index is -4.63. The van der Waals surface area contributed by atoms with E-state index in [2.05, 4.69) is 0 Å². The van der Waals surface area contributed by atoms with E-state index in [1.807, 2.05) is 0 Å². The molecular formula is C23H50O16P2. The van der Waals surface area contributed by atoms with Gasteiger partial charge in [0.1, 0.15) is 0 Å². The van der Waals surface area contributed by atoms with Gasteiger partial charge in [0.25, 0.3) is 0 Å². The van der Waals surface area contributed by atoms with Gasteiger partial charge in [-0.2, -0.15) is 0 Å². The Kier molecular flexibility index (Phi) is 28.6.